The Bertz CT molecular complexity index is 4870. The van der Waals surface area contributed by atoms with Gasteiger partial charge in [0.25, 0.3) is 6.71 Å². The number of ether oxygens (including phenoxy) is 1. The summed E-state index contributed by atoms with van der Waals surface area (Å²) in [6.45, 7) is -0.243. The molecule has 0 unspecified atom stereocenters. The van der Waals surface area contributed by atoms with Crippen molar-refractivity contribution in [3.8, 4) is 33.8 Å². The highest BCUT2D eigenvalue weighted by Gasteiger charge is 2.45. The van der Waals surface area contributed by atoms with E-state index >= 15 is 0 Å². The molecular formula is C84H58B2N5O. The maximum Gasteiger partial charge on any atom is 0.252 e. The zero-order valence-electron chi connectivity index (χ0n) is 50.3. The first-order chi connectivity index (χ1) is 45.7. The molecule has 0 aliphatic carbocycles. The van der Waals surface area contributed by atoms with Gasteiger partial charge >= 0.3 is 0 Å². The molecular weight excluding hydrogens is 1120 g/mol. The predicted molar refractivity (Wildman–Crippen MR) is 387 cm³/mol. The molecule has 17 rings (SSSR count). The second kappa shape index (κ2) is 23.2. The molecule has 3 aliphatic rings. The van der Waals surface area contributed by atoms with Gasteiger partial charge in [-0.3, -0.25) is 0 Å². The van der Waals surface area contributed by atoms with E-state index in [4.69, 9.17) is 4.74 Å². The topological polar surface area (TPSA) is 25.4 Å². The van der Waals surface area contributed by atoms with Crippen molar-refractivity contribution in [2.45, 2.75) is 0 Å². The first-order valence-corrected chi connectivity index (χ1v) is 31.4. The molecule has 0 saturated carbocycles. The van der Waals surface area contributed by atoms with Crippen molar-refractivity contribution in [1.82, 2.24) is 0 Å². The van der Waals surface area contributed by atoms with Crippen LogP contribution in [0.15, 0.2) is 352 Å². The van der Waals surface area contributed by atoms with Gasteiger partial charge in [0.15, 0.2) is 7.28 Å². The van der Waals surface area contributed by atoms with Crippen LogP contribution in [0.5, 0.6) is 11.5 Å². The van der Waals surface area contributed by atoms with Crippen LogP contribution in [-0.4, -0.2) is 14.0 Å². The summed E-state index contributed by atoms with van der Waals surface area (Å²) in [4.78, 5) is 12.2. The minimum atomic E-state index is -0.243. The number of hydrogen-bond acceptors (Lipinski definition) is 6. The molecule has 0 N–H and O–H groups in total. The highest BCUT2D eigenvalue weighted by molar-refractivity contribution is 7.00. The summed E-state index contributed by atoms with van der Waals surface area (Å²) < 4.78 is 7.81. The lowest BCUT2D eigenvalue weighted by Gasteiger charge is -2.46. The third-order valence-corrected chi connectivity index (χ3v) is 18.0. The number of anilines is 15. The molecule has 92 heavy (non-hydrogen) atoms. The fourth-order valence-corrected chi connectivity index (χ4v) is 14.1. The summed E-state index contributed by atoms with van der Waals surface area (Å²) in [5.74, 6) is 1.41. The van der Waals surface area contributed by atoms with Crippen LogP contribution in [0.4, 0.5) is 85.3 Å². The van der Waals surface area contributed by atoms with Crippen LogP contribution in [0, 0.1) is 0 Å². The van der Waals surface area contributed by atoms with E-state index in [1.165, 1.54) is 10.9 Å². The van der Waals surface area contributed by atoms with Crippen molar-refractivity contribution in [2.24, 2.45) is 0 Å². The molecule has 1 radical (unpaired) electrons. The molecule has 0 aromatic heterocycles. The van der Waals surface area contributed by atoms with E-state index in [9.17, 15) is 0 Å². The van der Waals surface area contributed by atoms with Gasteiger partial charge in [-0.05, 0) is 136 Å². The van der Waals surface area contributed by atoms with Crippen LogP contribution in [0.2, 0.25) is 0 Å². The van der Waals surface area contributed by atoms with Crippen molar-refractivity contribution >= 4 is 127 Å². The van der Waals surface area contributed by atoms with Gasteiger partial charge < -0.3 is 29.2 Å². The second-order valence-electron chi connectivity index (χ2n) is 23.5. The Morgan fingerprint density at radius 2 is 0.728 bits per heavy atom. The van der Waals surface area contributed by atoms with Crippen LogP contribution >= 0.6 is 0 Å². The van der Waals surface area contributed by atoms with Gasteiger partial charge in [0, 0.05) is 91.9 Å². The molecule has 14 aromatic rings. The summed E-state index contributed by atoms with van der Waals surface area (Å²) >= 11 is 0. The van der Waals surface area contributed by atoms with Gasteiger partial charge in [-0.1, -0.05) is 236 Å². The summed E-state index contributed by atoms with van der Waals surface area (Å²) in [6, 6.07) is 127. The van der Waals surface area contributed by atoms with Crippen molar-refractivity contribution in [2.75, 3.05) is 24.5 Å². The Hall–Kier alpha value is -12.0. The molecule has 0 saturated heterocycles. The molecule has 14 aromatic carbocycles. The quantitative estimate of drug-likeness (QED) is 0.120. The second-order valence-corrected chi connectivity index (χ2v) is 23.5. The molecule has 0 spiro atoms. The zero-order valence-corrected chi connectivity index (χ0v) is 50.3. The van der Waals surface area contributed by atoms with E-state index in [1.54, 1.807) is 0 Å². The Kier molecular flexibility index (Phi) is 13.7. The van der Waals surface area contributed by atoms with Crippen molar-refractivity contribution < 1.29 is 4.74 Å². The maximum absolute atomic E-state index is 7.81. The highest BCUT2D eigenvalue weighted by atomic mass is 16.5. The molecule has 0 atom stereocenters. The number of nitrogens with zero attached hydrogens (tertiary/aromatic N) is 5. The van der Waals surface area contributed by atoms with Gasteiger partial charge in [-0.25, -0.2) is 0 Å². The van der Waals surface area contributed by atoms with E-state index in [1.807, 2.05) is 0 Å². The van der Waals surface area contributed by atoms with Crippen molar-refractivity contribution in [3.05, 3.63) is 352 Å². The molecule has 6 nitrogen and oxygen atoms in total. The minimum absolute atomic E-state index is 0.243. The lowest BCUT2D eigenvalue weighted by molar-refractivity contribution is 0.487. The third-order valence-electron chi connectivity index (χ3n) is 18.0. The van der Waals surface area contributed by atoms with Crippen LogP contribution < -0.4 is 56.6 Å². The van der Waals surface area contributed by atoms with E-state index in [-0.39, 0.29) is 6.71 Å². The zero-order chi connectivity index (χ0) is 60.9. The van der Waals surface area contributed by atoms with Crippen molar-refractivity contribution in [3.63, 3.8) is 0 Å². The average Bonchev–Trinajstić information content (AvgIpc) is 0.695. The summed E-state index contributed by atoms with van der Waals surface area (Å²) in [5.41, 5.74) is 25.5. The van der Waals surface area contributed by atoms with Gasteiger partial charge in [0.1, 0.15) is 11.5 Å². The number of benzene rings is 14. The first kappa shape index (κ1) is 54.2. The van der Waals surface area contributed by atoms with E-state index in [2.05, 4.69) is 384 Å². The lowest BCUT2D eigenvalue weighted by Crippen LogP contribution is -2.62. The van der Waals surface area contributed by atoms with Gasteiger partial charge in [0.05, 0.1) is 22.7 Å². The Morgan fingerprint density at radius 1 is 0.283 bits per heavy atom. The Morgan fingerprint density at radius 3 is 1.27 bits per heavy atom. The van der Waals surface area contributed by atoms with E-state index in [0.717, 1.165) is 124 Å². The number of hydrogen-bond donors (Lipinski definition) is 0. The summed E-state index contributed by atoms with van der Waals surface area (Å²) in [5, 5.41) is 0. The average molecular weight is 1180 g/mol. The van der Waals surface area contributed by atoms with Gasteiger partial charge in [-0.2, -0.15) is 0 Å². The number of fused-ring (bicyclic) bond motifs is 8. The highest BCUT2D eigenvalue weighted by Crippen LogP contribution is 2.53. The molecule has 2 bridgehead atoms. The molecule has 8 heteroatoms. The van der Waals surface area contributed by atoms with Crippen molar-refractivity contribution in [1.29, 1.82) is 0 Å². The predicted octanol–water partition coefficient (Wildman–Crippen LogP) is 19.3. The van der Waals surface area contributed by atoms with E-state index < -0.39 is 0 Å². The molecule has 431 valence electrons. The molecule has 3 aliphatic heterocycles. The monoisotopic (exact) mass is 1170 g/mol. The van der Waals surface area contributed by atoms with Crippen LogP contribution in [-0.2, 0) is 0 Å². The fourth-order valence-electron chi connectivity index (χ4n) is 14.1. The molecule has 3 heterocycles. The SMILES string of the molecule is [B]1c2cc3c(cc2Oc2cc(N(c4ccccc4)c4ccccc4)cc(c2)N(c2ccccc2)c2ccccc21)N(c1c(-c2ccccc2)cccc1-c1ccccc1)c1cc(N(c2ccccc2)c2ccccc2)cc2c1B3c1ccccc1N2c1ccccc1. The van der Waals surface area contributed by atoms with E-state index in [0.29, 0.717) is 11.5 Å². The van der Waals surface area contributed by atoms with Crippen LogP contribution in [0.1, 0.15) is 0 Å². The van der Waals surface area contributed by atoms with Gasteiger partial charge in [-0.15, -0.1) is 0 Å². The minimum Gasteiger partial charge on any atom is -0.458 e. The number of para-hydroxylation sites is 9. The standard InChI is InChI=1S/C84H58B2N5O/c1-9-30-59(31-10-1)71-46-29-47-72(60-32-11-2-12-33-60)84(71)91-79-58-82-74(85-73-48-25-27-50-77(73)89(65-42-21-7-22-43-65)68-52-67(53-70(54-68)92-82)87(61-34-13-3-14-35-61)62-36-15-4-16-37-62)57-76(79)86-75-49-26-28-51-78(75)90(66-44-23-8-24-45-66)80-55-69(56-81(91)83(80)86)88(63-38-17-5-18-39-63)64-40-19-6-20-41-64/h1-58H. The third kappa shape index (κ3) is 9.56. The van der Waals surface area contributed by atoms with Gasteiger partial charge in [0.2, 0.25) is 0 Å². The normalized spacial score (nSPS) is 12.4. The maximum atomic E-state index is 7.81. The summed E-state index contributed by atoms with van der Waals surface area (Å²) in [7, 11) is 2.34. The Labute approximate surface area is 538 Å². The smallest absolute Gasteiger partial charge is 0.252 e. The molecule has 0 fully saturated rings. The lowest BCUT2D eigenvalue weighted by atomic mass is 9.33. The summed E-state index contributed by atoms with van der Waals surface area (Å²) in [6.07, 6.45) is 0. The molecule has 0 amide bonds. The Balaban J connectivity index is 0.999. The van der Waals surface area contributed by atoms with Crippen LogP contribution in [0.25, 0.3) is 22.3 Å². The first-order valence-electron chi connectivity index (χ1n) is 31.4. The number of rotatable bonds is 11. The largest absolute Gasteiger partial charge is 0.458 e. The van der Waals surface area contributed by atoms with Crippen LogP contribution in [0.3, 0.4) is 0 Å². The fraction of sp³-hybridized carbons (Fsp3) is 0.